The zero-order valence-corrected chi connectivity index (χ0v) is 15.2. The molecule has 4 rings (SSSR count). The number of carbonyl (C=O) groups is 2. The van der Waals surface area contributed by atoms with Gasteiger partial charge in [-0.05, 0) is 42.0 Å². The Hall–Kier alpha value is -2.89. The molecule has 2 heterocycles. The van der Waals surface area contributed by atoms with Crippen LogP contribution in [0.3, 0.4) is 0 Å². The minimum absolute atomic E-state index is 0.00999. The first-order valence-electron chi connectivity index (χ1n) is 9.50. The molecule has 1 aliphatic heterocycles. The zero-order chi connectivity index (χ0) is 18.6. The summed E-state index contributed by atoms with van der Waals surface area (Å²) in [7, 11) is 0. The number of nitrogens with zero attached hydrogens (tertiary/aromatic N) is 2. The van der Waals surface area contributed by atoms with Crippen LogP contribution in [0.5, 0.6) is 0 Å². The molecule has 1 aromatic heterocycles. The van der Waals surface area contributed by atoms with Crippen molar-refractivity contribution < 1.29 is 9.59 Å². The first-order chi connectivity index (χ1) is 13.2. The smallest absolute Gasteiger partial charge is 0.318 e. The van der Waals surface area contributed by atoms with Gasteiger partial charge in [-0.15, -0.1) is 0 Å². The van der Waals surface area contributed by atoms with Gasteiger partial charge >= 0.3 is 6.03 Å². The van der Waals surface area contributed by atoms with E-state index in [4.69, 9.17) is 0 Å². The number of carbonyl (C=O) groups excluding carboxylic acids is 2. The normalized spacial score (nSPS) is 20.8. The molecule has 2 N–H and O–H groups in total. The number of nitrogens with one attached hydrogen (secondary N) is 2. The van der Waals surface area contributed by atoms with Crippen LogP contribution in [0.15, 0.2) is 48.8 Å². The van der Waals surface area contributed by atoms with Gasteiger partial charge in [-0.3, -0.25) is 9.78 Å². The number of aryl methyl sites for hydroxylation is 1. The van der Waals surface area contributed by atoms with Crippen molar-refractivity contribution in [2.24, 2.45) is 0 Å². The number of fused-ring (bicyclic) bond motifs is 1. The summed E-state index contributed by atoms with van der Waals surface area (Å²) in [5.41, 5.74) is 3.50. The topological polar surface area (TPSA) is 74.3 Å². The van der Waals surface area contributed by atoms with Crippen LogP contribution in [0.4, 0.5) is 4.79 Å². The zero-order valence-electron chi connectivity index (χ0n) is 15.2. The van der Waals surface area contributed by atoms with E-state index in [1.54, 1.807) is 17.3 Å². The molecule has 0 bridgehead atoms. The molecule has 27 heavy (non-hydrogen) atoms. The van der Waals surface area contributed by atoms with Crippen LogP contribution >= 0.6 is 0 Å². The third-order valence-electron chi connectivity index (χ3n) is 5.34. The van der Waals surface area contributed by atoms with Crippen LogP contribution in [0.1, 0.15) is 42.0 Å². The van der Waals surface area contributed by atoms with E-state index in [2.05, 4.69) is 27.8 Å². The van der Waals surface area contributed by atoms with Crippen LogP contribution < -0.4 is 10.6 Å². The van der Waals surface area contributed by atoms with Gasteiger partial charge in [0.1, 0.15) is 0 Å². The predicted octanol–water partition coefficient (Wildman–Crippen LogP) is 2.56. The first kappa shape index (κ1) is 17.5. The summed E-state index contributed by atoms with van der Waals surface area (Å²) in [5, 5.41) is 6.15. The van der Waals surface area contributed by atoms with Gasteiger partial charge in [0.15, 0.2) is 0 Å². The average molecular weight is 364 g/mol. The van der Waals surface area contributed by atoms with Crippen molar-refractivity contribution in [3.63, 3.8) is 0 Å². The summed E-state index contributed by atoms with van der Waals surface area (Å²) in [6, 6.07) is 12.1. The Labute approximate surface area is 159 Å². The Morgan fingerprint density at radius 2 is 2.07 bits per heavy atom. The van der Waals surface area contributed by atoms with E-state index in [9.17, 15) is 9.59 Å². The molecule has 2 aromatic rings. The summed E-state index contributed by atoms with van der Waals surface area (Å²) in [4.78, 5) is 30.5. The number of urea groups is 1. The van der Waals surface area contributed by atoms with E-state index in [0.717, 1.165) is 24.8 Å². The highest BCUT2D eigenvalue weighted by molar-refractivity contribution is 5.79. The SMILES string of the molecule is O=C1CC[C@@H](CN(Cc2cccnc2)C(=O)N[C@H]2CCc3ccccc32)N1. The number of rotatable bonds is 5. The Bertz CT molecular complexity index is 824. The van der Waals surface area contributed by atoms with Gasteiger partial charge in [0.25, 0.3) is 0 Å². The van der Waals surface area contributed by atoms with Crippen LogP contribution in [0.25, 0.3) is 0 Å². The Balaban J connectivity index is 1.47. The quantitative estimate of drug-likeness (QED) is 0.856. The molecule has 6 heteroatoms. The fourth-order valence-electron chi connectivity index (χ4n) is 3.96. The van der Waals surface area contributed by atoms with Gasteiger partial charge < -0.3 is 15.5 Å². The Morgan fingerprint density at radius 3 is 2.85 bits per heavy atom. The molecule has 2 aliphatic rings. The van der Waals surface area contributed by atoms with E-state index in [1.165, 1.54) is 11.1 Å². The van der Waals surface area contributed by atoms with E-state index in [0.29, 0.717) is 19.5 Å². The van der Waals surface area contributed by atoms with E-state index < -0.39 is 0 Å². The molecule has 140 valence electrons. The molecule has 0 saturated carbocycles. The van der Waals surface area contributed by atoms with Crippen molar-refractivity contribution in [1.29, 1.82) is 0 Å². The summed E-state index contributed by atoms with van der Waals surface area (Å²) in [6.07, 6.45) is 6.71. The van der Waals surface area contributed by atoms with Gasteiger partial charge in [0.2, 0.25) is 5.91 Å². The van der Waals surface area contributed by atoms with Crippen LogP contribution in [-0.2, 0) is 17.8 Å². The lowest BCUT2D eigenvalue weighted by atomic mass is 10.1. The minimum atomic E-state index is -0.0956. The van der Waals surface area contributed by atoms with Gasteiger partial charge in [0, 0.05) is 37.9 Å². The van der Waals surface area contributed by atoms with E-state index >= 15 is 0 Å². The number of amides is 3. The van der Waals surface area contributed by atoms with E-state index in [-0.39, 0.29) is 24.0 Å². The predicted molar refractivity (Wildman–Crippen MR) is 102 cm³/mol. The fourth-order valence-corrected chi connectivity index (χ4v) is 3.96. The highest BCUT2D eigenvalue weighted by Crippen LogP contribution is 2.30. The van der Waals surface area contributed by atoms with Crippen molar-refractivity contribution >= 4 is 11.9 Å². The van der Waals surface area contributed by atoms with Gasteiger partial charge in [0.05, 0.1) is 6.04 Å². The Morgan fingerprint density at radius 1 is 1.19 bits per heavy atom. The van der Waals surface area contributed by atoms with Crippen LogP contribution in [0, 0.1) is 0 Å². The first-order valence-corrected chi connectivity index (χ1v) is 9.50. The Kier molecular flexibility index (Phi) is 5.05. The molecule has 1 aliphatic carbocycles. The lowest BCUT2D eigenvalue weighted by Crippen LogP contribution is -2.46. The minimum Gasteiger partial charge on any atom is -0.352 e. The monoisotopic (exact) mass is 364 g/mol. The average Bonchev–Trinajstić information content (AvgIpc) is 3.28. The molecular weight excluding hydrogens is 340 g/mol. The summed E-state index contributed by atoms with van der Waals surface area (Å²) < 4.78 is 0. The maximum atomic E-state index is 13.1. The molecular formula is C21H24N4O2. The second-order valence-corrected chi connectivity index (χ2v) is 7.28. The molecule has 1 saturated heterocycles. The van der Waals surface area contributed by atoms with Crippen molar-refractivity contribution in [2.75, 3.05) is 6.54 Å². The maximum Gasteiger partial charge on any atom is 0.318 e. The van der Waals surface area contributed by atoms with Crippen molar-refractivity contribution in [3.8, 4) is 0 Å². The molecule has 0 unspecified atom stereocenters. The second-order valence-electron chi connectivity index (χ2n) is 7.28. The number of hydrogen-bond acceptors (Lipinski definition) is 3. The molecule has 6 nitrogen and oxygen atoms in total. The largest absolute Gasteiger partial charge is 0.352 e. The summed E-state index contributed by atoms with van der Waals surface area (Å²) in [6.45, 7) is 0.973. The van der Waals surface area contributed by atoms with E-state index in [1.807, 2.05) is 24.3 Å². The molecule has 1 fully saturated rings. The van der Waals surface area contributed by atoms with Crippen molar-refractivity contribution in [3.05, 3.63) is 65.5 Å². The van der Waals surface area contributed by atoms with Crippen molar-refractivity contribution in [1.82, 2.24) is 20.5 Å². The fraction of sp³-hybridized carbons (Fsp3) is 0.381. The van der Waals surface area contributed by atoms with Crippen LogP contribution in [-0.4, -0.2) is 34.4 Å². The van der Waals surface area contributed by atoms with Gasteiger partial charge in [-0.2, -0.15) is 0 Å². The summed E-state index contributed by atoms with van der Waals surface area (Å²) in [5.74, 6) is 0.0615. The molecule has 3 amide bonds. The third-order valence-corrected chi connectivity index (χ3v) is 5.34. The van der Waals surface area contributed by atoms with Gasteiger partial charge in [-0.25, -0.2) is 4.79 Å². The maximum absolute atomic E-state index is 13.1. The highest BCUT2D eigenvalue weighted by Gasteiger charge is 2.28. The number of pyridine rings is 1. The number of benzene rings is 1. The number of aromatic nitrogens is 1. The van der Waals surface area contributed by atoms with Crippen molar-refractivity contribution in [2.45, 2.75) is 44.3 Å². The van der Waals surface area contributed by atoms with Crippen LogP contribution in [0.2, 0.25) is 0 Å². The highest BCUT2D eigenvalue weighted by atomic mass is 16.2. The third kappa shape index (κ3) is 4.10. The molecule has 1 aromatic carbocycles. The lowest BCUT2D eigenvalue weighted by Gasteiger charge is -2.28. The number of hydrogen-bond donors (Lipinski definition) is 2. The lowest BCUT2D eigenvalue weighted by molar-refractivity contribution is -0.119. The molecule has 0 radical (unpaired) electrons. The molecule has 0 spiro atoms. The summed E-state index contributed by atoms with van der Waals surface area (Å²) >= 11 is 0. The standard InChI is InChI=1S/C21H24N4O2/c26-20-10-8-17(23-20)14-25(13-15-4-3-11-22-12-15)21(27)24-19-9-7-16-5-1-2-6-18(16)19/h1-6,11-12,17,19H,7-10,13-14H2,(H,23,26)(H,24,27)/t17-,19-/m0/s1. The second kappa shape index (κ2) is 7.78. The van der Waals surface area contributed by atoms with Gasteiger partial charge in [-0.1, -0.05) is 30.3 Å². The molecule has 2 atom stereocenters.